The Balaban J connectivity index is 1.57. The summed E-state index contributed by atoms with van der Waals surface area (Å²) in [7, 11) is -3.38. The molecule has 0 aromatic heterocycles. The van der Waals surface area contributed by atoms with Crippen LogP contribution in [0.1, 0.15) is 18.1 Å². The maximum Gasteiger partial charge on any atom is 0.243 e. The molecular formula is C20H27N2O3S+. The molecule has 2 aromatic rings. The topological polar surface area (TPSA) is 51.1 Å². The normalized spacial score (nSPS) is 16.5. The quantitative estimate of drug-likeness (QED) is 0.832. The van der Waals surface area contributed by atoms with Gasteiger partial charge < -0.3 is 9.64 Å². The third-order valence-electron chi connectivity index (χ3n) is 4.78. The number of benzene rings is 2. The van der Waals surface area contributed by atoms with Gasteiger partial charge in [-0.2, -0.15) is 4.31 Å². The summed E-state index contributed by atoms with van der Waals surface area (Å²) < 4.78 is 32.6. The molecule has 1 heterocycles. The predicted molar refractivity (Wildman–Crippen MR) is 102 cm³/mol. The fourth-order valence-corrected chi connectivity index (χ4v) is 4.68. The van der Waals surface area contributed by atoms with Crippen LogP contribution in [0.15, 0.2) is 53.4 Å². The van der Waals surface area contributed by atoms with Crippen LogP contribution in [0.4, 0.5) is 0 Å². The van der Waals surface area contributed by atoms with Crippen LogP contribution >= 0.6 is 0 Å². The molecule has 0 atom stereocenters. The van der Waals surface area contributed by atoms with Crippen molar-refractivity contribution in [2.45, 2.75) is 25.3 Å². The van der Waals surface area contributed by atoms with Crippen LogP contribution in [0.25, 0.3) is 0 Å². The first-order valence-electron chi connectivity index (χ1n) is 9.11. The van der Waals surface area contributed by atoms with E-state index in [9.17, 15) is 8.42 Å². The van der Waals surface area contributed by atoms with Gasteiger partial charge >= 0.3 is 0 Å². The summed E-state index contributed by atoms with van der Waals surface area (Å²) >= 11 is 0. The second-order valence-electron chi connectivity index (χ2n) is 6.72. The van der Waals surface area contributed by atoms with Gasteiger partial charge in [-0.15, -0.1) is 0 Å². The molecule has 0 spiro atoms. The lowest BCUT2D eigenvalue weighted by Crippen LogP contribution is -3.13. The molecule has 0 unspecified atom stereocenters. The van der Waals surface area contributed by atoms with Crippen molar-refractivity contribution in [2.75, 3.05) is 32.8 Å². The summed E-state index contributed by atoms with van der Waals surface area (Å²) in [6.45, 7) is 8.26. The number of rotatable bonds is 6. The van der Waals surface area contributed by atoms with Crippen LogP contribution in [-0.2, 0) is 16.6 Å². The highest BCUT2D eigenvalue weighted by Crippen LogP contribution is 2.16. The van der Waals surface area contributed by atoms with Crippen LogP contribution in [0, 0.1) is 6.92 Å². The Labute approximate surface area is 156 Å². The average Bonchev–Trinajstić information content (AvgIpc) is 2.64. The van der Waals surface area contributed by atoms with Crippen molar-refractivity contribution < 1.29 is 18.1 Å². The highest BCUT2D eigenvalue weighted by Gasteiger charge is 2.30. The number of aryl methyl sites for hydroxylation is 1. The largest absolute Gasteiger partial charge is 0.494 e. The van der Waals surface area contributed by atoms with Crippen LogP contribution < -0.4 is 9.64 Å². The molecule has 6 heteroatoms. The molecule has 0 saturated carbocycles. The molecule has 0 aliphatic carbocycles. The molecule has 1 saturated heterocycles. The van der Waals surface area contributed by atoms with Crippen LogP contribution in [0.5, 0.6) is 5.75 Å². The lowest BCUT2D eigenvalue weighted by atomic mass is 10.2. The number of nitrogens with zero attached hydrogens (tertiary/aromatic N) is 1. The van der Waals surface area contributed by atoms with E-state index in [0.29, 0.717) is 24.6 Å². The van der Waals surface area contributed by atoms with Gasteiger partial charge in [0.2, 0.25) is 10.0 Å². The van der Waals surface area contributed by atoms with E-state index < -0.39 is 10.0 Å². The monoisotopic (exact) mass is 375 g/mol. The smallest absolute Gasteiger partial charge is 0.243 e. The van der Waals surface area contributed by atoms with E-state index in [-0.39, 0.29) is 0 Å². The summed E-state index contributed by atoms with van der Waals surface area (Å²) in [6, 6.07) is 15.3. The Morgan fingerprint density at radius 1 is 1.00 bits per heavy atom. The maximum atomic E-state index is 12.8. The standard InChI is InChI=1S/C20H26N2O3S/c1-3-25-19-8-6-18(7-9-19)16-21-12-14-22(15-13-21)26(23,24)20-10-4-17(2)5-11-20/h4-11H,3,12-16H2,1-2H3/p+1. The van der Waals surface area contributed by atoms with Gasteiger partial charge in [-0.25, -0.2) is 8.42 Å². The molecule has 2 aromatic carbocycles. The number of sulfonamides is 1. The predicted octanol–water partition coefficient (Wildman–Crippen LogP) is 1.48. The minimum Gasteiger partial charge on any atom is -0.494 e. The molecule has 26 heavy (non-hydrogen) atoms. The average molecular weight is 376 g/mol. The molecule has 1 aliphatic rings. The summed E-state index contributed by atoms with van der Waals surface area (Å²) in [4.78, 5) is 1.79. The molecule has 5 nitrogen and oxygen atoms in total. The lowest BCUT2D eigenvalue weighted by Gasteiger charge is -2.31. The molecule has 0 amide bonds. The van der Waals surface area contributed by atoms with Crippen LogP contribution in [0.2, 0.25) is 0 Å². The van der Waals surface area contributed by atoms with Crippen LogP contribution in [-0.4, -0.2) is 45.5 Å². The molecule has 1 aliphatic heterocycles. The van der Waals surface area contributed by atoms with E-state index >= 15 is 0 Å². The molecule has 3 rings (SSSR count). The third kappa shape index (κ3) is 4.44. The fourth-order valence-electron chi connectivity index (χ4n) is 3.24. The van der Waals surface area contributed by atoms with Crippen molar-refractivity contribution >= 4 is 10.0 Å². The maximum absolute atomic E-state index is 12.8. The second-order valence-corrected chi connectivity index (χ2v) is 8.66. The van der Waals surface area contributed by atoms with Crippen molar-refractivity contribution in [3.05, 3.63) is 59.7 Å². The number of quaternary nitrogens is 1. The third-order valence-corrected chi connectivity index (χ3v) is 6.69. The number of nitrogens with one attached hydrogen (secondary N) is 1. The first kappa shape index (κ1) is 18.9. The molecule has 1 fully saturated rings. The van der Waals surface area contributed by atoms with Gasteiger partial charge in [-0.3, -0.25) is 0 Å². The van der Waals surface area contributed by atoms with E-state index in [4.69, 9.17) is 4.74 Å². The summed E-state index contributed by atoms with van der Waals surface area (Å²) in [6.07, 6.45) is 0. The van der Waals surface area contributed by atoms with Gasteiger partial charge in [0, 0.05) is 5.56 Å². The van der Waals surface area contributed by atoms with Gasteiger partial charge in [0.15, 0.2) is 0 Å². The molecule has 0 bridgehead atoms. The lowest BCUT2D eigenvalue weighted by molar-refractivity contribution is -0.917. The summed E-state index contributed by atoms with van der Waals surface area (Å²) in [5, 5.41) is 0. The molecular weight excluding hydrogens is 348 g/mol. The summed E-state index contributed by atoms with van der Waals surface area (Å²) in [5.74, 6) is 0.889. The Hall–Kier alpha value is -1.89. The van der Waals surface area contributed by atoms with Gasteiger partial charge in [-0.05, 0) is 50.2 Å². The minimum atomic E-state index is -3.38. The van der Waals surface area contributed by atoms with E-state index in [1.165, 1.54) is 10.5 Å². The van der Waals surface area contributed by atoms with E-state index in [0.717, 1.165) is 30.9 Å². The zero-order valence-electron chi connectivity index (χ0n) is 15.4. The Bertz CT molecular complexity index is 809. The Morgan fingerprint density at radius 2 is 1.62 bits per heavy atom. The SMILES string of the molecule is CCOc1ccc(C[NH+]2CCN(S(=O)(=O)c3ccc(C)cc3)CC2)cc1. The first-order chi connectivity index (χ1) is 12.5. The van der Waals surface area contributed by atoms with Crippen LogP contribution in [0.3, 0.4) is 0 Å². The van der Waals surface area contributed by atoms with Crippen molar-refractivity contribution in [1.82, 2.24) is 4.31 Å². The number of hydrogen-bond donors (Lipinski definition) is 1. The second kappa shape index (κ2) is 8.20. The van der Waals surface area contributed by atoms with Gasteiger partial charge in [-0.1, -0.05) is 17.7 Å². The molecule has 1 N–H and O–H groups in total. The highest BCUT2D eigenvalue weighted by molar-refractivity contribution is 7.89. The van der Waals surface area contributed by atoms with Crippen molar-refractivity contribution in [3.63, 3.8) is 0 Å². The van der Waals surface area contributed by atoms with Crippen molar-refractivity contribution in [3.8, 4) is 5.75 Å². The first-order valence-corrected chi connectivity index (χ1v) is 10.5. The van der Waals surface area contributed by atoms with E-state index in [1.807, 2.05) is 38.1 Å². The highest BCUT2D eigenvalue weighted by atomic mass is 32.2. The van der Waals surface area contributed by atoms with Gasteiger partial charge in [0.1, 0.15) is 12.3 Å². The Kier molecular flexibility index (Phi) is 5.96. The zero-order chi connectivity index (χ0) is 18.6. The van der Waals surface area contributed by atoms with E-state index in [1.54, 1.807) is 16.4 Å². The van der Waals surface area contributed by atoms with Crippen molar-refractivity contribution in [1.29, 1.82) is 0 Å². The minimum absolute atomic E-state index is 0.387. The zero-order valence-corrected chi connectivity index (χ0v) is 16.3. The molecule has 0 radical (unpaired) electrons. The van der Waals surface area contributed by atoms with Crippen molar-refractivity contribution in [2.24, 2.45) is 0 Å². The van der Waals surface area contributed by atoms with E-state index in [2.05, 4.69) is 12.1 Å². The fraction of sp³-hybridized carbons (Fsp3) is 0.400. The summed E-state index contributed by atoms with van der Waals surface area (Å²) in [5.41, 5.74) is 2.31. The number of hydrogen-bond acceptors (Lipinski definition) is 3. The number of piperazine rings is 1. The van der Waals surface area contributed by atoms with Gasteiger partial charge in [0.05, 0.1) is 37.7 Å². The van der Waals surface area contributed by atoms with Gasteiger partial charge in [0.25, 0.3) is 0 Å². The number of ether oxygens (including phenoxy) is 1. The molecule has 140 valence electrons. The Morgan fingerprint density at radius 3 is 2.19 bits per heavy atom.